The second-order valence-electron chi connectivity index (χ2n) is 3.80. The maximum absolute atomic E-state index is 2.44. The number of rotatable bonds is 1. The molecule has 0 unspecified atom stereocenters. The van der Waals surface area contributed by atoms with Crippen LogP contribution in [0.3, 0.4) is 0 Å². The summed E-state index contributed by atoms with van der Waals surface area (Å²) in [7, 11) is 0. The van der Waals surface area contributed by atoms with Crippen LogP contribution in [-0.2, 0) is 11.1 Å². The second-order valence-corrected chi connectivity index (χ2v) is 5.71. The standard InChI is InChI=1S/C12H16NS/c1-9-10(2)13(14(3)4)12-8-6-5-7-11(9)12/h5-8H,1-4H3/q+1. The molecule has 0 spiro atoms. The van der Waals surface area contributed by atoms with E-state index in [4.69, 9.17) is 0 Å². The lowest BCUT2D eigenvalue weighted by Gasteiger charge is -2.01. The summed E-state index contributed by atoms with van der Waals surface area (Å²) in [6, 6.07) is 8.65. The van der Waals surface area contributed by atoms with E-state index in [0.717, 1.165) is 0 Å². The van der Waals surface area contributed by atoms with E-state index >= 15 is 0 Å². The van der Waals surface area contributed by atoms with Gasteiger partial charge in [-0.1, -0.05) is 18.2 Å². The number of benzene rings is 1. The number of hydrogen-bond donors (Lipinski definition) is 0. The van der Waals surface area contributed by atoms with Crippen molar-refractivity contribution in [3.05, 3.63) is 35.5 Å². The second kappa shape index (κ2) is 3.35. The number of hydrogen-bond acceptors (Lipinski definition) is 0. The van der Waals surface area contributed by atoms with Gasteiger partial charge < -0.3 is 0 Å². The summed E-state index contributed by atoms with van der Waals surface area (Å²) < 4.78 is 2.44. The molecule has 0 saturated carbocycles. The lowest BCUT2D eigenvalue weighted by Crippen LogP contribution is -2.10. The number of aryl methyl sites for hydroxylation is 1. The van der Waals surface area contributed by atoms with Crippen LogP contribution in [0.2, 0.25) is 0 Å². The summed E-state index contributed by atoms with van der Waals surface area (Å²) in [5, 5.41) is 1.39. The van der Waals surface area contributed by atoms with Crippen molar-refractivity contribution in [2.45, 2.75) is 13.8 Å². The Kier molecular flexibility index (Phi) is 2.31. The van der Waals surface area contributed by atoms with Gasteiger partial charge in [-0.3, -0.25) is 0 Å². The smallest absolute Gasteiger partial charge is 0.123 e. The minimum Gasteiger partial charge on any atom is -0.167 e. The van der Waals surface area contributed by atoms with Gasteiger partial charge >= 0.3 is 0 Å². The molecule has 2 aromatic rings. The van der Waals surface area contributed by atoms with Crippen molar-refractivity contribution in [3.63, 3.8) is 0 Å². The lowest BCUT2D eigenvalue weighted by atomic mass is 10.2. The van der Waals surface area contributed by atoms with E-state index in [2.05, 4.69) is 54.6 Å². The first-order valence-corrected chi connectivity index (χ1v) is 6.77. The van der Waals surface area contributed by atoms with Crippen molar-refractivity contribution in [1.29, 1.82) is 0 Å². The van der Waals surface area contributed by atoms with Crippen molar-refractivity contribution in [2.75, 3.05) is 12.5 Å². The molecule has 1 nitrogen and oxygen atoms in total. The first-order chi connectivity index (χ1) is 6.63. The van der Waals surface area contributed by atoms with Gasteiger partial charge in [0.25, 0.3) is 0 Å². The molecule has 0 amide bonds. The Labute approximate surface area is 88.2 Å². The van der Waals surface area contributed by atoms with Crippen LogP contribution in [0.1, 0.15) is 11.3 Å². The van der Waals surface area contributed by atoms with Gasteiger partial charge in [0, 0.05) is 5.39 Å². The zero-order valence-corrected chi connectivity index (χ0v) is 9.98. The third kappa shape index (κ3) is 1.25. The average Bonchev–Trinajstić information content (AvgIpc) is 2.41. The minimum atomic E-state index is 0.272. The van der Waals surface area contributed by atoms with Crippen LogP contribution in [-0.4, -0.2) is 16.5 Å². The Morgan fingerprint density at radius 2 is 1.71 bits per heavy atom. The van der Waals surface area contributed by atoms with Gasteiger partial charge in [0.05, 0.1) is 22.3 Å². The third-order valence-electron chi connectivity index (χ3n) is 2.74. The molecule has 0 bridgehead atoms. The molecule has 0 aliphatic heterocycles. The zero-order chi connectivity index (χ0) is 10.3. The van der Waals surface area contributed by atoms with E-state index in [1.807, 2.05) is 0 Å². The Morgan fingerprint density at radius 1 is 1.07 bits per heavy atom. The fourth-order valence-corrected chi connectivity index (χ4v) is 3.20. The van der Waals surface area contributed by atoms with Gasteiger partial charge in [-0.15, -0.1) is 0 Å². The molecule has 0 N–H and O–H groups in total. The van der Waals surface area contributed by atoms with E-state index in [9.17, 15) is 0 Å². The summed E-state index contributed by atoms with van der Waals surface area (Å²) >= 11 is 0.272. The topological polar surface area (TPSA) is 4.93 Å². The summed E-state index contributed by atoms with van der Waals surface area (Å²) in [5.41, 5.74) is 4.19. The maximum atomic E-state index is 2.44. The van der Waals surface area contributed by atoms with Crippen LogP contribution in [0.4, 0.5) is 0 Å². The number of nitrogens with zero attached hydrogens (tertiary/aromatic N) is 1. The molecule has 1 heterocycles. The fourth-order valence-electron chi connectivity index (χ4n) is 1.97. The maximum Gasteiger partial charge on any atom is 0.123 e. The molecule has 0 atom stereocenters. The Bertz CT molecular complexity index is 468. The molecule has 74 valence electrons. The normalized spacial score (nSPS) is 11.5. The number of fused-ring (bicyclic) bond motifs is 1. The van der Waals surface area contributed by atoms with Crippen LogP contribution in [0.25, 0.3) is 10.9 Å². The molecular weight excluding hydrogens is 190 g/mol. The molecule has 0 saturated heterocycles. The molecule has 0 radical (unpaired) electrons. The third-order valence-corrected chi connectivity index (χ3v) is 3.94. The largest absolute Gasteiger partial charge is 0.167 e. The average molecular weight is 206 g/mol. The SMILES string of the molecule is Cc1c(C)n([S+](C)C)c2ccccc12. The first kappa shape index (κ1) is 9.66. The Hall–Kier alpha value is -0.890. The molecule has 1 aromatic carbocycles. The van der Waals surface area contributed by atoms with Crippen LogP contribution < -0.4 is 0 Å². The van der Waals surface area contributed by atoms with Gasteiger partial charge in [0.15, 0.2) is 0 Å². The highest BCUT2D eigenvalue weighted by Crippen LogP contribution is 2.25. The Balaban J connectivity index is 2.88. The summed E-state index contributed by atoms with van der Waals surface area (Å²) in [5.74, 6) is 0. The van der Waals surface area contributed by atoms with E-state index in [-0.39, 0.29) is 11.1 Å². The van der Waals surface area contributed by atoms with Gasteiger partial charge in [0.1, 0.15) is 12.5 Å². The molecule has 14 heavy (non-hydrogen) atoms. The Morgan fingerprint density at radius 3 is 2.36 bits per heavy atom. The van der Waals surface area contributed by atoms with Crippen molar-refractivity contribution in [1.82, 2.24) is 3.97 Å². The highest BCUT2D eigenvalue weighted by molar-refractivity contribution is 7.94. The number of aromatic nitrogens is 1. The van der Waals surface area contributed by atoms with Crippen LogP contribution in [0.5, 0.6) is 0 Å². The van der Waals surface area contributed by atoms with Crippen molar-refractivity contribution >= 4 is 22.0 Å². The summed E-state index contributed by atoms with van der Waals surface area (Å²) in [4.78, 5) is 0. The summed E-state index contributed by atoms with van der Waals surface area (Å²) in [6.07, 6.45) is 4.53. The van der Waals surface area contributed by atoms with E-state index in [0.29, 0.717) is 0 Å². The van der Waals surface area contributed by atoms with Crippen LogP contribution in [0, 0.1) is 13.8 Å². The van der Waals surface area contributed by atoms with Gasteiger partial charge in [0.2, 0.25) is 0 Å². The molecular formula is C12H16NS+. The highest BCUT2D eigenvalue weighted by atomic mass is 32.2. The predicted molar refractivity (Wildman–Crippen MR) is 66.0 cm³/mol. The van der Waals surface area contributed by atoms with Crippen molar-refractivity contribution in [2.24, 2.45) is 0 Å². The molecule has 2 rings (SSSR count). The van der Waals surface area contributed by atoms with E-state index in [1.54, 1.807) is 0 Å². The summed E-state index contributed by atoms with van der Waals surface area (Å²) in [6.45, 7) is 4.42. The molecule has 0 fully saturated rings. The zero-order valence-electron chi connectivity index (χ0n) is 9.16. The van der Waals surface area contributed by atoms with E-state index < -0.39 is 0 Å². The molecule has 0 aliphatic carbocycles. The highest BCUT2D eigenvalue weighted by Gasteiger charge is 2.17. The lowest BCUT2D eigenvalue weighted by molar-refractivity contribution is 1.17. The monoisotopic (exact) mass is 206 g/mol. The van der Waals surface area contributed by atoms with Crippen molar-refractivity contribution < 1.29 is 0 Å². The van der Waals surface area contributed by atoms with Gasteiger partial charge in [-0.25, -0.2) is 0 Å². The van der Waals surface area contributed by atoms with Gasteiger partial charge in [-0.05, 0) is 25.5 Å². The van der Waals surface area contributed by atoms with E-state index in [1.165, 1.54) is 22.2 Å². The first-order valence-electron chi connectivity index (χ1n) is 4.77. The molecule has 2 heteroatoms. The predicted octanol–water partition coefficient (Wildman–Crippen LogP) is 2.90. The molecule has 1 aromatic heterocycles. The van der Waals surface area contributed by atoms with Crippen LogP contribution >= 0.6 is 0 Å². The molecule has 0 aliphatic rings. The van der Waals surface area contributed by atoms with Crippen molar-refractivity contribution in [3.8, 4) is 0 Å². The quantitative estimate of drug-likeness (QED) is 0.632. The fraction of sp³-hybridized carbons (Fsp3) is 0.333. The van der Waals surface area contributed by atoms with Crippen LogP contribution in [0.15, 0.2) is 24.3 Å². The van der Waals surface area contributed by atoms with Gasteiger partial charge in [-0.2, -0.15) is 3.97 Å². The minimum absolute atomic E-state index is 0.272. The number of para-hydroxylation sites is 1.